The van der Waals surface area contributed by atoms with Crippen LogP contribution in [0.25, 0.3) is 0 Å². The van der Waals surface area contributed by atoms with Crippen LogP contribution < -0.4 is 0 Å². The number of ether oxygens (including phenoxy) is 3. The monoisotopic (exact) mass is 1000 g/mol. The summed E-state index contributed by atoms with van der Waals surface area (Å²) < 4.78 is 458. The third kappa shape index (κ3) is 3.64. The number of hydrogen-bond donors (Lipinski definition) is 2. The van der Waals surface area contributed by atoms with E-state index in [4.69, 9.17) is 0 Å². The van der Waals surface area contributed by atoms with Crippen LogP contribution in [0.2, 0.25) is 0 Å². The summed E-state index contributed by atoms with van der Waals surface area (Å²) in [4.78, 5) is 0. The van der Waals surface area contributed by atoms with Crippen LogP contribution in [0.4, 0.5) is 132 Å². The van der Waals surface area contributed by atoms with E-state index in [1.165, 1.54) is 0 Å². The second-order valence-electron chi connectivity index (χ2n) is 15.3. The van der Waals surface area contributed by atoms with Crippen molar-refractivity contribution >= 4 is 0 Å². The van der Waals surface area contributed by atoms with E-state index in [1.807, 2.05) is 0 Å². The van der Waals surface area contributed by atoms with Gasteiger partial charge in [-0.05, 0) is 12.8 Å². The molecule has 8 saturated carbocycles. The Kier molecular flexibility index (Phi) is 9.29. The third-order valence-corrected chi connectivity index (χ3v) is 12.6. The van der Waals surface area contributed by atoms with Crippen molar-refractivity contribution in [2.24, 2.45) is 0 Å². The zero-order valence-corrected chi connectivity index (χ0v) is 28.9. The van der Waals surface area contributed by atoms with Gasteiger partial charge < -0.3 is 24.4 Å². The Morgan fingerprint density at radius 1 is 0.270 bits per heavy atom. The summed E-state index contributed by atoms with van der Waals surface area (Å²) in [5.74, 6) is -96.5. The fourth-order valence-electron chi connectivity index (χ4n) is 9.15. The number of halogens is 30. The first-order chi connectivity index (χ1) is 27.5. The lowest BCUT2D eigenvalue weighted by atomic mass is 9.40. The third-order valence-electron chi connectivity index (χ3n) is 12.6. The summed E-state index contributed by atoms with van der Waals surface area (Å²) in [6.45, 7) is -8.54. The van der Waals surface area contributed by atoms with Gasteiger partial charge in [-0.15, -0.1) is 0 Å². The van der Waals surface area contributed by atoms with Crippen molar-refractivity contribution in [2.45, 2.75) is 141 Å². The molecule has 0 spiro atoms. The normalized spacial score (nSPS) is 50.7. The summed E-state index contributed by atoms with van der Waals surface area (Å²) in [5, 5.41) is 19.6. The Morgan fingerprint density at radius 2 is 0.429 bits per heavy atom. The largest absolute Gasteiger partial charge is 0.391 e. The fraction of sp³-hybridized carbons (Fsp3) is 1.00. The molecule has 0 heterocycles. The SMILES string of the molecule is OC(CCOCCC(O)COC1(F)C2(F)C(F)(F)C3(F)C(F)(F)C(F)(C2(F)F)C(F)(F)C1(F)C3(F)F)COC1(F)C2(F)C(F)(F)C3(F)C(F)(F)C(F)(C2(F)F)C(F)(F)C1(F)C3(F)F. The molecule has 8 rings (SSSR count). The van der Waals surface area contributed by atoms with Gasteiger partial charge in [-0.2, -0.15) is 87.8 Å². The van der Waals surface area contributed by atoms with E-state index in [9.17, 15) is 116 Å². The van der Waals surface area contributed by atoms with E-state index in [1.54, 1.807) is 0 Å². The highest BCUT2D eigenvalue weighted by Crippen LogP contribution is 2.91. The average Bonchev–Trinajstić information content (AvgIpc) is 3.14. The molecule has 0 aromatic carbocycles. The van der Waals surface area contributed by atoms with Crippen LogP contribution in [0, 0.1) is 0 Å². The second kappa shape index (κ2) is 11.7. The number of rotatable bonds is 12. The Labute approximate surface area is 324 Å². The summed E-state index contributed by atoms with van der Waals surface area (Å²) in [6, 6.07) is 0. The summed E-state index contributed by atoms with van der Waals surface area (Å²) in [7, 11) is 0. The minimum absolute atomic E-state index is 1.46. The molecule has 8 aliphatic rings. The summed E-state index contributed by atoms with van der Waals surface area (Å²) >= 11 is 0. The van der Waals surface area contributed by atoms with Gasteiger partial charge in [0.15, 0.2) is 0 Å². The lowest BCUT2D eigenvalue weighted by Crippen LogP contribution is -3.09. The second-order valence-corrected chi connectivity index (χ2v) is 15.3. The maximum Gasteiger partial charge on any atom is 0.339 e. The Bertz CT molecular complexity index is 1630. The van der Waals surface area contributed by atoms with Gasteiger partial charge in [-0.3, -0.25) is 0 Å². The molecule has 368 valence electrons. The highest BCUT2D eigenvalue weighted by molar-refractivity contribution is 5.56. The molecular formula is C28H16F30O5. The summed E-state index contributed by atoms with van der Waals surface area (Å²) in [5.41, 5.74) is -64.0. The van der Waals surface area contributed by atoms with Crippen molar-refractivity contribution in [2.75, 3.05) is 26.4 Å². The van der Waals surface area contributed by atoms with Gasteiger partial charge in [-0.1, -0.05) is 0 Å². The van der Waals surface area contributed by atoms with E-state index in [0.29, 0.717) is 0 Å². The molecule has 35 heteroatoms. The first kappa shape index (κ1) is 50.1. The molecule has 0 aromatic heterocycles. The van der Waals surface area contributed by atoms with Crippen LogP contribution in [0.1, 0.15) is 12.8 Å². The van der Waals surface area contributed by atoms with Crippen LogP contribution in [0.15, 0.2) is 0 Å². The zero-order valence-electron chi connectivity index (χ0n) is 28.9. The van der Waals surface area contributed by atoms with E-state index in [2.05, 4.69) is 14.2 Å². The highest BCUT2D eigenvalue weighted by atomic mass is 19.4. The highest BCUT2D eigenvalue weighted by Gasteiger charge is 3.25. The zero-order chi connectivity index (χ0) is 49.5. The van der Waals surface area contributed by atoms with Gasteiger partial charge in [0.25, 0.3) is 0 Å². The molecule has 0 aromatic rings. The maximum absolute atomic E-state index is 15.8. The van der Waals surface area contributed by atoms with E-state index in [-0.39, 0.29) is 0 Å². The van der Waals surface area contributed by atoms with Crippen molar-refractivity contribution in [3.05, 3.63) is 0 Å². The minimum atomic E-state index is -8.17. The van der Waals surface area contributed by atoms with E-state index >= 15 is 26.3 Å². The standard InChI is InChI=1S/C28H16F30O5/c29-9-17(37,38)10(30)21(45,46)13(33,19(9,41)42)27(57,14(34,20(9,43)44)22(10,47)48)62-5-7(59)1-3-61-4-2-8(60)6-63-28(58)15(35)23(49,50)11(31)18(39,40)12(32,25(15,53)54)26(55,56)16(28,36)24(11,51)52/h7-8,59-60H,1-6H2. The molecule has 2 N–H and O–H groups in total. The topological polar surface area (TPSA) is 68.2 Å². The molecule has 8 bridgehead atoms. The number of hydrogen-bond acceptors (Lipinski definition) is 5. The molecule has 2 atom stereocenters. The van der Waals surface area contributed by atoms with Gasteiger partial charge in [0.05, 0.1) is 25.4 Å². The predicted molar refractivity (Wildman–Crippen MR) is 132 cm³/mol. The molecular weight excluding hydrogens is 986 g/mol. The van der Waals surface area contributed by atoms with Crippen molar-refractivity contribution in [1.82, 2.24) is 0 Å². The average molecular weight is 1000 g/mol. The molecule has 8 aliphatic carbocycles. The van der Waals surface area contributed by atoms with E-state index < -0.39 is 168 Å². The van der Waals surface area contributed by atoms with Crippen LogP contribution >= 0.6 is 0 Å². The summed E-state index contributed by atoms with van der Waals surface area (Å²) in [6.07, 6.45) is -9.31. The first-order valence-electron chi connectivity index (χ1n) is 16.4. The predicted octanol–water partition coefficient (Wildman–Crippen LogP) is 7.97. The Hall–Kier alpha value is -2.30. The van der Waals surface area contributed by atoms with Crippen molar-refractivity contribution in [1.29, 1.82) is 0 Å². The number of aliphatic hydroxyl groups is 2. The molecule has 2 unspecified atom stereocenters. The van der Waals surface area contributed by atoms with Crippen molar-refractivity contribution < 1.29 is 156 Å². The van der Waals surface area contributed by atoms with Crippen LogP contribution in [-0.2, 0) is 14.2 Å². The molecule has 63 heavy (non-hydrogen) atoms. The molecule has 0 amide bonds. The smallest absolute Gasteiger partial charge is 0.339 e. The van der Waals surface area contributed by atoms with Crippen molar-refractivity contribution in [3.8, 4) is 0 Å². The van der Waals surface area contributed by atoms with Crippen LogP contribution in [0.3, 0.4) is 0 Å². The minimum Gasteiger partial charge on any atom is -0.391 e. The van der Waals surface area contributed by atoms with Gasteiger partial charge in [0.2, 0.25) is 0 Å². The lowest BCUT2D eigenvalue weighted by Gasteiger charge is -2.74. The van der Waals surface area contributed by atoms with Crippen LogP contribution in [0.5, 0.6) is 0 Å². The van der Waals surface area contributed by atoms with Gasteiger partial charge >= 0.3 is 116 Å². The first-order valence-corrected chi connectivity index (χ1v) is 16.4. The number of aliphatic hydroxyl groups excluding tert-OH is 2. The molecule has 0 radical (unpaired) electrons. The molecule has 0 saturated heterocycles. The van der Waals surface area contributed by atoms with Gasteiger partial charge in [0, 0.05) is 13.2 Å². The Morgan fingerprint density at radius 3 is 0.603 bits per heavy atom. The molecule has 8 fully saturated rings. The fourth-order valence-corrected chi connectivity index (χ4v) is 9.15. The molecule has 5 nitrogen and oxygen atoms in total. The molecule has 0 aliphatic heterocycles. The van der Waals surface area contributed by atoms with Gasteiger partial charge in [-0.25, -0.2) is 43.9 Å². The number of alkyl halides is 30. The van der Waals surface area contributed by atoms with E-state index in [0.717, 1.165) is 0 Å². The maximum atomic E-state index is 15.8. The lowest BCUT2D eigenvalue weighted by molar-refractivity contribution is -0.618. The quantitative estimate of drug-likeness (QED) is 0.154. The van der Waals surface area contributed by atoms with Crippen molar-refractivity contribution in [3.63, 3.8) is 0 Å². The van der Waals surface area contributed by atoms with Crippen LogP contribution in [-0.4, -0.2) is 165 Å². The Balaban J connectivity index is 1.15. The van der Waals surface area contributed by atoms with Gasteiger partial charge in [0.1, 0.15) is 0 Å².